The van der Waals surface area contributed by atoms with E-state index < -0.39 is 16.7 Å². The molecular weight excluding hydrogens is 306 g/mol. The summed E-state index contributed by atoms with van der Waals surface area (Å²) in [6.07, 6.45) is 6.65. The molecular formula is C14H15N3O4S. The van der Waals surface area contributed by atoms with Gasteiger partial charge >= 0.3 is 5.88 Å². The van der Waals surface area contributed by atoms with Crippen molar-refractivity contribution in [3.05, 3.63) is 38.6 Å². The molecule has 0 aromatic carbocycles. The van der Waals surface area contributed by atoms with Crippen molar-refractivity contribution in [2.45, 2.75) is 38.5 Å². The van der Waals surface area contributed by atoms with Crippen LogP contribution < -0.4 is 5.32 Å². The Bertz CT molecular complexity index is 681. The summed E-state index contributed by atoms with van der Waals surface area (Å²) in [6.45, 7) is 0. The molecule has 0 fully saturated rings. The highest BCUT2D eigenvalue weighted by Crippen LogP contribution is 2.29. The highest BCUT2D eigenvalue weighted by atomic mass is 32.1. The smallest absolute Gasteiger partial charge is 0.395 e. The molecule has 116 valence electrons. The summed E-state index contributed by atoms with van der Waals surface area (Å²) in [6, 6.07) is 2.45. The third kappa shape index (κ3) is 3.16. The lowest BCUT2D eigenvalue weighted by molar-refractivity contribution is -0.402. The number of hydrogen-bond acceptors (Lipinski definition) is 6. The van der Waals surface area contributed by atoms with Crippen molar-refractivity contribution >= 4 is 28.3 Å². The maximum atomic E-state index is 12.0. The molecule has 1 aliphatic rings. The second-order valence-electron chi connectivity index (χ2n) is 5.15. The van der Waals surface area contributed by atoms with Crippen LogP contribution in [0.25, 0.3) is 0 Å². The van der Waals surface area contributed by atoms with Gasteiger partial charge in [-0.2, -0.15) is 0 Å². The van der Waals surface area contributed by atoms with Crippen molar-refractivity contribution in [3.8, 4) is 0 Å². The van der Waals surface area contributed by atoms with Crippen molar-refractivity contribution in [2.75, 3.05) is 5.32 Å². The fourth-order valence-corrected chi connectivity index (χ4v) is 3.51. The largest absolute Gasteiger partial charge is 0.433 e. The number of hydrogen-bond donors (Lipinski definition) is 1. The first-order valence-electron chi connectivity index (χ1n) is 7.17. The van der Waals surface area contributed by atoms with Gasteiger partial charge in [0.2, 0.25) is 0 Å². The first-order chi connectivity index (χ1) is 10.6. The van der Waals surface area contributed by atoms with E-state index in [4.69, 9.17) is 4.42 Å². The van der Waals surface area contributed by atoms with Crippen LogP contribution in [0, 0.1) is 10.1 Å². The third-order valence-electron chi connectivity index (χ3n) is 3.56. The molecule has 2 aromatic rings. The molecule has 0 unspecified atom stereocenters. The standard InChI is InChI=1S/C14H15N3O4S/c18-13(10-7-8-12(21-10)17(19)20)16-14-15-9-5-3-1-2-4-6-11(9)22-14/h7-8H,1-6H2,(H,15,16,18). The molecule has 0 aliphatic heterocycles. The number of carbonyl (C=O) groups is 1. The van der Waals surface area contributed by atoms with Crippen LogP contribution in [0.3, 0.4) is 0 Å². The van der Waals surface area contributed by atoms with E-state index >= 15 is 0 Å². The number of nitro groups is 1. The number of fused-ring (bicyclic) bond motifs is 1. The Morgan fingerprint density at radius 2 is 2.05 bits per heavy atom. The molecule has 2 aromatic heterocycles. The Morgan fingerprint density at radius 3 is 2.77 bits per heavy atom. The summed E-state index contributed by atoms with van der Waals surface area (Å²) in [5.74, 6) is -1.05. The monoisotopic (exact) mass is 321 g/mol. The number of aryl methyl sites for hydroxylation is 2. The van der Waals surface area contributed by atoms with E-state index in [0.29, 0.717) is 5.13 Å². The Balaban J connectivity index is 1.73. The van der Waals surface area contributed by atoms with Gasteiger partial charge in [-0.1, -0.05) is 12.8 Å². The summed E-state index contributed by atoms with van der Waals surface area (Å²) >= 11 is 1.48. The van der Waals surface area contributed by atoms with E-state index in [-0.39, 0.29) is 5.76 Å². The molecule has 2 heterocycles. The van der Waals surface area contributed by atoms with Gasteiger partial charge in [-0.3, -0.25) is 20.2 Å². The number of nitrogens with one attached hydrogen (secondary N) is 1. The lowest BCUT2D eigenvalue weighted by Crippen LogP contribution is -2.10. The third-order valence-corrected chi connectivity index (χ3v) is 4.63. The van der Waals surface area contributed by atoms with Gasteiger partial charge in [-0.05, 0) is 31.7 Å². The highest BCUT2D eigenvalue weighted by Gasteiger charge is 2.20. The number of nitrogens with zero attached hydrogens (tertiary/aromatic N) is 2. The number of amides is 1. The number of thiazole rings is 1. The molecule has 1 amide bonds. The van der Waals surface area contributed by atoms with Gasteiger partial charge in [-0.25, -0.2) is 4.98 Å². The number of anilines is 1. The van der Waals surface area contributed by atoms with Crippen LogP contribution in [-0.4, -0.2) is 15.8 Å². The van der Waals surface area contributed by atoms with E-state index in [9.17, 15) is 14.9 Å². The normalized spacial score (nSPS) is 14.7. The minimum Gasteiger partial charge on any atom is -0.395 e. The molecule has 0 bridgehead atoms. The zero-order valence-corrected chi connectivity index (χ0v) is 12.6. The Hall–Kier alpha value is -2.22. The van der Waals surface area contributed by atoms with Gasteiger partial charge < -0.3 is 4.42 Å². The fraction of sp³-hybridized carbons (Fsp3) is 0.429. The Kier molecular flexibility index (Phi) is 4.19. The van der Waals surface area contributed by atoms with Gasteiger partial charge in [0.05, 0.1) is 11.8 Å². The highest BCUT2D eigenvalue weighted by molar-refractivity contribution is 7.15. The van der Waals surface area contributed by atoms with E-state index in [0.717, 1.165) is 37.4 Å². The van der Waals surface area contributed by atoms with E-state index in [1.54, 1.807) is 0 Å². The van der Waals surface area contributed by atoms with Gasteiger partial charge in [-0.15, -0.1) is 11.3 Å². The second kappa shape index (κ2) is 6.27. The molecule has 1 N–H and O–H groups in total. The van der Waals surface area contributed by atoms with Gasteiger partial charge in [0.15, 0.2) is 10.9 Å². The van der Waals surface area contributed by atoms with Crippen LogP contribution in [-0.2, 0) is 12.8 Å². The second-order valence-corrected chi connectivity index (χ2v) is 6.24. The van der Waals surface area contributed by atoms with Crippen LogP contribution >= 0.6 is 11.3 Å². The van der Waals surface area contributed by atoms with Gasteiger partial charge in [0, 0.05) is 4.88 Å². The van der Waals surface area contributed by atoms with Crippen LogP contribution in [0.5, 0.6) is 0 Å². The van der Waals surface area contributed by atoms with Gasteiger partial charge in [0.25, 0.3) is 5.91 Å². The summed E-state index contributed by atoms with van der Waals surface area (Å²) in [4.78, 5) is 27.6. The molecule has 0 spiro atoms. The molecule has 0 saturated carbocycles. The van der Waals surface area contributed by atoms with Crippen LogP contribution in [0.2, 0.25) is 0 Å². The van der Waals surface area contributed by atoms with Crippen LogP contribution in [0.4, 0.5) is 11.0 Å². The molecule has 22 heavy (non-hydrogen) atoms. The predicted molar refractivity (Wildman–Crippen MR) is 81.3 cm³/mol. The molecule has 0 saturated heterocycles. The molecule has 8 heteroatoms. The predicted octanol–water partition coefficient (Wildman–Crippen LogP) is 3.56. The molecule has 0 radical (unpaired) electrons. The molecule has 7 nitrogen and oxygen atoms in total. The van der Waals surface area contributed by atoms with E-state index in [1.165, 1.54) is 35.1 Å². The maximum Gasteiger partial charge on any atom is 0.433 e. The summed E-state index contributed by atoms with van der Waals surface area (Å²) in [5.41, 5.74) is 1.06. The average molecular weight is 321 g/mol. The lowest BCUT2D eigenvalue weighted by atomic mass is 10.0. The molecule has 3 rings (SSSR count). The Morgan fingerprint density at radius 1 is 1.27 bits per heavy atom. The van der Waals surface area contributed by atoms with E-state index in [1.807, 2.05) is 0 Å². The minimum atomic E-state index is -0.675. The summed E-state index contributed by atoms with van der Waals surface area (Å²) in [7, 11) is 0. The first kappa shape index (κ1) is 14.7. The van der Waals surface area contributed by atoms with Crippen molar-refractivity contribution in [2.24, 2.45) is 0 Å². The first-order valence-corrected chi connectivity index (χ1v) is 7.99. The van der Waals surface area contributed by atoms with Crippen LogP contribution in [0.1, 0.15) is 46.8 Å². The van der Waals surface area contributed by atoms with Crippen molar-refractivity contribution in [3.63, 3.8) is 0 Å². The Labute approximate surface area is 130 Å². The molecule has 1 aliphatic carbocycles. The van der Waals surface area contributed by atoms with E-state index in [2.05, 4.69) is 10.3 Å². The number of carbonyl (C=O) groups excluding carboxylic acids is 1. The zero-order chi connectivity index (χ0) is 15.5. The minimum absolute atomic E-state index is 0.0886. The van der Waals surface area contributed by atoms with Crippen molar-refractivity contribution < 1.29 is 14.1 Å². The zero-order valence-electron chi connectivity index (χ0n) is 11.8. The summed E-state index contributed by atoms with van der Waals surface area (Å²) < 4.78 is 4.89. The summed E-state index contributed by atoms with van der Waals surface area (Å²) in [5, 5.41) is 13.7. The number of aromatic nitrogens is 1. The fourth-order valence-electron chi connectivity index (χ4n) is 2.47. The van der Waals surface area contributed by atoms with Crippen molar-refractivity contribution in [1.29, 1.82) is 0 Å². The maximum absolute atomic E-state index is 12.0. The topological polar surface area (TPSA) is 98.3 Å². The van der Waals surface area contributed by atoms with Gasteiger partial charge in [0.1, 0.15) is 4.92 Å². The lowest BCUT2D eigenvalue weighted by Gasteiger charge is -2.06. The molecule has 0 atom stereocenters. The SMILES string of the molecule is O=C(Nc1nc2c(s1)CCCCCC2)c1ccc([N+](=O)[O-])o1. The average Bonchev–Trinajstić information content (AvgIpc) is 3.07. The number of rotatable bonds is 3. The number of furan rings is 1. The quantitative estimate of drug-likeness (QED) is 0.688. The van der Waals surface area contributed by atoms with Crippen molar-refractivity contribution in [1.82, 2.24) is 4.98 Å². The van der Waals surface area contributed by atoms with Crippen LogP contribution in [0.15, 0.2) is 16.5 Å².